The normalized spacial score (nSPS) is 18.6. The van der Waals surface area contributed by atoms with Crippen LogP contribution in [0.4, 0.5) is 5.69 Å². The number of anilines is 1. The monoisotopic (exact) mass is 329 g/mol. The van der Waals surface area contributed by atoms with Crippen LogP contribution in [0.1, 0.15) is 29.0 Å². The second kappa shape index (κ2) is 5.61. The highest BCUT2D eigenvalue weighted by molar-refractivity contribution is 9.10. The third kappa shape index (κ3) is 2.76. The van der Waals surface area contributed by atoms with Crippen LogP contribution in [0.3, 0.4) is 0 Å². The summed E-state index contributed by atoms with van der Waals surface area (Å²) in [5, 5.41) is 0. The molecule has 0 aliphatic carbocycles. The summed E-state index contributed by atoms with van der Waals surface area (Å²) < 4.78 is 1.18. The molecule has 1 heterocycles. The van der Waals surface area contributed by atoms with Crippen LogP contribution < -0.4 is 4.90 Å². The Morgan fingerprint density at radius 2 is 1.95 bits per heavy atom. The highest BCUT2D eigenvalue weighted by Gasteiger charge is 2.24. The summed E-state index contributed by atoms with van der Waals surface area (Å²) in [6, 6.07) is 15.5. The molecular weight excluding hydrogens is 310 g/mol. The summed E-state index contributed by atoms with van der Waals surface area (Å²) >= 11 is 3.58. The van der Waals surface area contributed by atoms with Crippen molar-refractivity contribution >= 4 is 21.6 Å². The van der Waals surface area contributed by atoms with Crippen molar-refractivity contribution in [2.24, 2.45) is 0 Å². The minimum atomic E-state index is 0.646. The van der Waals surface area contributed by atoms with Gasteiger partial charge in [0.25, 0.3) is 0 Å². The number of hydrogen-bond acceptors (Lipinski definition) is 1. The number of halogens is 1. The first-order chi connectivity index (χ1) is 9.63. The average molecular weight is 330 g/mol. The predicted molar refractivity (Wildman–Crippen MR) is 89.6 cm³/mol. The van der Waals surface area contributed by atoms with Crippen LogP contribution >= 0.6 is 15.9 Å². The van der Waals surface area contributed by atoms with Crippen molar-refractivity contribution < 1.29 is 0 Å². The highest BCUT2D eigenvalue weighted by Crippen LogP contribution is 2.33. The molecule has 1 atom stereocenters. The first kappa shape index (κ1) is 13.7. The summed E-state index contributed by atoms with van der Waals surface area (Å²) in [5.74, 6) is 0.646. The van der Waals surface area contributed by atoms with Gasteiger partial charge in [0.1, 0.15) is 0 Å². The Labute approximate surface area is 129 Å². The van der Waals surface area contributed by atoms with Gasteiger partial charge in [-0.25, -0.2) is 0 Å². The molecule has 2 aromatic rings. The molecular formula is C18H20BrN. The number of nitrogens with zero attached hydrogens (tertiary/aromatic N) is 1. The van der Waals surface area contributed by atoms with Gasteiger partial charge in [-0.3, -0.25) is 0 Å². The lowest BCUT2D eigenvalue weighted by Gasteiger charge is -2.21. The predicted octanol–water partition coefficient (Wildman–Crippen LogP) is 5.06. The summed E-state index contributed by atoms with van der Waals surface area (Å²) in [7, 11) is 0. The summed E-state index contributed by atoms with van der Waals surface area (Å²) in [6.07, 6.45) is 1.24. The maximum atomic E-state index is 3.58. The molecule has 0 spiro atoms. The SMILES string of the molecule is Cc1ccc(C)c(N2CCC(c3cccc(Br)c3)C2)c1. The first-order valence-corrected chi connectivity index (χ1v) is 8.00. The van der Waals surface area contributed by atoms with Crippen LogP contribution in [0, 0.1) is 13.8 Å². The van der Waals surface area contributed by atoms with Crippen molar-refractivity contribution in [1.82, 2.24) is 0 Å². The average Bonchev–Trinajstić information content (AvgIpc) is 2.91. The molecule has 0 amide bonds. The van der Waals surface area contributed by atoms with E-state index in [1.165, 1.54) is 33.3 Å². The minimum absolute atomic E-state index is 0.646. The number of rotatable bonds is 2. The molecule has 2 heteroatoms. The van der Waals surface area contributed by atoms with Gasteiger partial charge in [-0.05, 0) is 55.2 Å². The van der Waals surface area contributed by atoms with Gasteiger partial charge in [0.2, 0.25) is 0 Å². The van der Waals surface area contributed by atoms with Crippen LogP contribution in [-0.2, 0) is 0 Å². The Kier molecular flexibility index (Phi) is 3.84. The summed E-state index contributed by atoms with van der Waals surface area (Å²) in [6.45, 7) is 6.66. The van der Waals surface area contributed by atoms with Crippen LogP contribution in [0.15, 0.2) is 46.9 Å². The molecule has 2 aromatic carbocycles. The van der Waals surface area contributed by atoms with Gasteiger partial charge >= 0.3 is 0 Å². The molecule has 0 radical (unpaired) electrons. The molecule has 1 aliphatic heterocycles. The van der Waals surface area contributed by atoms with Gasteiger partial charge in [0.05, 0.1) is 0 Å². The van der Waals surface area contributed by atoms with E-state index in [1.807, 2.05) is 0 Å². The molecule has 104 valence electrons. The van der Waals surface area contributed by atoms with Crippen molar-refractivity contribution in [2.45, 2.75) is 26.2 Å². The second-order valence-electron chi connectivity index (χ2n) is 5.78. The largest absolute Gasteiger partial charge is 0.371 e. The fourth-order valence-corrected chi connectivity index (χ4v) is 3.49. The molecule has 1 nitrogen and oxygen atoms in total. The molecule has 20 heavy (non-hydrogen) atoms. The van der Waals surface area contributed by atoms with Crippen LogP contribution in [0.25, 0.3) is 0 Å². The lowest BCUT2D eigenvalue weighted by molar-refractivity contribution is 0.774. The summed E-state index contributed by atoms with van der Waals surface area (Å²) in [5.41, 5.74) is 5.58. The number of aryl methyl sites for hydroxylation is 2. The van der Waals surface area contributed by atoms with Gasteiger partial charge in [-0.15, -0.1) is 0 Å². The zero-order valence-corrected chi connectivity index (χ0v) is 13.7. The number of hydrogen-bond donors (Lipinski definition) is 0. The molecule has 0 N–H and O–H groups in total. The van der Waals surface area contributed by atoms with E-state index in [-0.39, 0.29) is 0 Å². The Balaban J connectivity index is 1.81. The van der Waals surface area contributed by atoms with Crippen molar-refractivity contribution in [3.8, 4) is 0 Å². The molecule has 1 fully saturated rings. The maximum absolute atomic E-state index is 3.58. The third-order valence-electron chi connectivity index (χ3n) is 4.21. The number of benzene rings is 2. The second-order valence-corrected chi connectivity index (χ2v) is 6.69. The van der Waals surface area contributed by atoms with Crippen molar-refractivity contribution in [3.05, 3.63) is 63.6 Å². The fraction of sp³-hybridized carbons (Fsp3) is 0.333. The Bertz CT molecular complexity index is 621. The van der Waals surface area contributed by atoms with Gasteiger partial charge in [-0.1, -0.05) is 40.2 Å². The van der Waals surface area contributed by atoms with E-state index in [0.717, 1.165) is 13.1 Å². The lowest BCUT2D eigenvalue weighted by Crippen LogP contribution is -2.20. The van der Waals surface area contributed by atoms with Crippen molar-refractivity contribution in [1.29, 1.82) is 0 Å². The van der Waals surface area contributed by atoms with Gasteiger partial charge in [0, 0.05) is 29.2 Å². The lowest BCUT2D eigenvalue weighted by atomic mass is 9.99. The van der Waals surface area contributed by atoms with Gasteiger partial charge in [0.15, 0.2) is 0 Å². The van der Waals surface area contributed by atoms with Crippen molar-refractivity contribution in [2.75, 3.05) is 18.0 Å². The molecule has 1 aliphatic rings. The highest BCUT2D eigenvalue weighted by atomic mass is 79.9. The zero-order chi connectivity index (χ0) is 14.1. The molecule has 1 unspecified atom stereocenters. The van der Waals surface area contributed by atoms with Gasteiger partial charge in [-0.2, -0.15) is 0 Å². The Morgan fingerprint density at radius 1 is 1.10 bits per heavy atom. The molecule has 0 bridgehead atoms. The quantitative estimate of drug-likeness (QED) is 0.744. The summed E-state index contributed by atoms with van der Waals surface area (Å²) in [4.78, 5) is 2.54. The maximum Gasteiger partial charge on any atom is 0.0398 e. The molecule has 1 saturated heterocycles. The Morgan fingerprint density at radius 3 is 2.75 bits per heavy atom. The smallest absolute Gasteiger partial charge is 0.0398 e. The van der Waals surface area contributed by atoms with Gasteiger partial charge < -0.3 is 4.90 Å². The minimum Gasteiger partial charge on any atom is -0.371 e. The molecule has 3 rings (SSSR count). The van der Waals surface area contributed by atoms with Crippen molar-refractivity contribution in [3.63, 3.8) is 0 Å². The van der Waals surface area contributed by atoms with E-state index >= 15 is 0 Å². The first-order valence-electron chi connectivity index (χ1n) is 7.21. The van der Waals surface area contributed by atoms with E-state index in [4.69, 9.17) is 0 Å². The third-order valence-corrected chi connectivity index (χ3v) is 4.71. The van der Waals surface area contributed by atoms with E-state index in [2.05, 4.69) is 77.1 Å². The van der Waals surface area contributed by atoms with E-state index < -0.39 is 0 Å². The molecule has 0 saturated carbocycles. The van der Waals surface area contributed by atoms with E-state index in [1.54, 1.807) is 0 Å². The van der Waals surface area contributed by atoms with Crippen LogP contribution in [0.2, 0.25) is 0 Å². The van der Waals surface area contributed by atoms with Crippen LogP contribution in [0.5, 0.6) is 0 Å². The standard InChI is InChI=1S/C18H20BrN/c1-13-6-7-14(2)18(10-13)20-9-8-16(12-20)15-4-3-5-17(19)11-15/h3-7,10-11,16H,8-9,12H2,1-2H3. The Hall–Kier alpha value is -1.28. The topological polar surface area (TPSA) is 3.24 Å². The van der Waals surface area contributed by atoms with E-state index in [9.17, 15) is 0 Å². The van der Waals surface area contributed by atoms with E-state index in [0.29, 0.717) is 5.92 Å². The van der Waals surface area contributed by atoms with Crippen LogP contribution in [-0.4, -0.2) is 13.1 Å². The fourth-order valence-electron chi connectivity index (χ4n) is 3.07. The zero-order valence-electron chi connectivity index (χ0n) is 12.1. The molecule has 0 aromatic heterocycles.